The second-order valence-corrected chi connectivity index (χ2v) is 5.55. The molecular formula is C18H19N3O5. The number of esters is 1. The molecule has 0 atom stereocenters. The van der Waals surface area contributed by atoms with Gasteiger partial charge in [0.1, 0.15) is 0 Å². The second-order valence-electron chi connectivity index (χ2n) is 5.55. The third kappa shape index (κ3) is 5.67. The Labute approximate surface area is 151 Å². The van der Waals surface area contributed by atoms with Crippen molar-refractivity contribution in [2.24, 2.45) is 0 Å². The minimum atomic E-state index is -0.489. The van der Waals surface area contributed by atoms with Gasteiger partial charge in [0.15, 0.2) is 18.1 Å². The minimum Gasteiger partial charge on any atom is -0.456 e. The zero-order chi connectivity index (χ0) is 18.8. The maximum absolute atomic E-state index is 12.1. The van der Waals surface area contributed by atoms with E-state index in [1.165, 1.54) is 4.90 Å². The van der Waals surface area contributed by atoms with Gasteiger partial charge >= 0.3 is 5.97 Å². The molecule has 0 radical (unpaired) electrons. The first-order chi connectivity index (χ1) is 12.6. The van der Waals surface area contributed by atoms with Crippen LogP contribution in [0, 0.1) is 22.7 Å². The topological polar surface area (TPSA) is 113 Å². The molecule has 1 aromatic rings. The van der Waals surface area contributed by atoms with Crippen LogP contribution in [-0.4, -0.2) is 43.3 Å². The lowest BCUT2D eigenvalue weighted by atomic mass is 10.1. The van der Waals surface area contributed by atoms with Crippen LogP contribution in [0.5, 0.6) is 11.5 Å². The summed E-state index contributed by atoms with van der Waals surface area (Å²) in [6.45, 7) is 0.228. The van der Waals surface area contributed by atoms with E-state index in [0.29, 0.717) is 17.9 Å². The number of hydrogen-bond acceptors (Lipinski definition) is 7. The fourth-order valence-corrected chi connectivity index (χ4v) is 2.38. The van der Waals surface area contributed by atoms with Crippen LogP contribution in [0.15, 0.2) is 18.2 Å². The smallest absolute Gasteiger partial charge is 0.306 e. The number of nitrogens with zero attached hydrogens (tertiary/aromatic N) is 3. The molecule has 0 unspecified atom stereocenters. The van der Waals surface area contributed by atoms with Gasteiger partial charge in [-0.1, -0.05) is 6.07 Å². The molecular weight excluding hydrogens is 338 g/mol. The average Bonchev–Trinajstić information content (AvgIpc) is 3.12. The number of hydrogen-bond donors (Lipinski definition) is 0. The van der Waals surface area contributed by atoms with Gasteiger partial charge in [-0.2, -0.15) is 10.5 Å². The van der Waals surface area contributed by atoms with Gasteiger partial charge < -0.3 is 19.1 Å². The largest absolute Gasteiger partial charge is 0.456 e. The van der Waals surface area contributed by atoms with Crippen LogP contribution in [0.25, 0.3) is 0 Å². The lowest BCUT2D eigenvalue weighted by molar-refractivity contribution is -0.152. The van der Waals surface area contributed by atoms with Gasteiger partial charge in [-0.3, -0.25) is 9.59 Å². The van der Waals surface area contributed by atoms with Gasteiger partial charge in [0, 0.05) is 19.5 Å². The van der Waals surface area contributed by atoms with E-state index in [4.69, 9.17) is 24.7 Å². The zero-order valence-corrected chi connectivity index (χ0v) is 14.3. The lowest BCUT2D eigenvalue weighted by Gasteiger charge is -2.20. The molecule has 26 heavy (non-hydrogen) atoms. The van der Waals surface area contributed by atoms with Gasteiger partial charge in [-0.15, -0.1) is 0 Å². The summed E-state index contributed by atoms with van der Waals surface area (Å²) in [4.78, 5) is 25.3. The number of amides is 1. The summed E-state index contributed by atoms with van der Waals surface area (Å²) in [7, 11) is 0. The third-order valence-electron chi connectivity index (χ3n) is 3.75. The SMILES string of the molecule is N#CCCN(CCC#N)C(=O)COC(=O)CCc1ccc2c(c1)OCO2. The van der Waals surface area contributed by atoms with Crippen molar-refractivity contribution in [2.75, 3.05) is 26.5 Å². The molecule has 1 aliphatic rings. The molecule has 0 spiro atoms. The van der Waals surface area contributed by atoms with Crippen LogP contribution >= 0.6 is 0 Å². The van der Waals surface area contributed by atoms with Gasteiger partial charge in [0.05, 0.1) is 25.0 Å². The molecule has 1 aromatic carbocycles. The molecule has 0 aromatic heterocycles. The highest BCUT2D eigenvalue weighted by Gasteiger charge is 2.16. The summed E-state index contributed by atoms with van der Waals surface area (Å²) in [5.74, 6) is 0.428. The Balaban J connectivity index is 1.75. The van der Waals surface area contributed by atoms with E-state index in [2.05, 4.69) is 0 Å². The molecule has 0 saturated carbocycles. The van der Waals surface area contributed by atoms with Crippen molar-refractivity contribution < 1.29 is 23.8 Å². The Morgan fingerprint density at radius 2 is 1.81 bits per heavy atom. The van der Waals surface area contributed by atoms with Crippen molar-refractivity contribution in [3.05, 3.63) is 23.8 Å². The molecule has 8 heteroatoms. The molecule has 0 bridgehead atoms. The Morgan fingerprint density at radius 1 is 1.12 bits per heavy atom. The highest BCUT2D eigenvalue weighted by atomic mass is 16.7. The molecule has 1 aliphatic heterocycles. The predicted octanol–water partition coefficient (Wildman–Crippen LogP) is 1.55. The van der Waals surface area contributed by atoms with Crippen molar-refractivity contribution in [3.8, 4) is 23.6 Å². The average molecular weight is 357 g/mol. The van der Waals surface area contributed by atoms with Crippen LogP contribution in [-0.2, 0) is 20.7 Å². The monoisotopic (exact) mass is 357 g/mol. The number of carbonyl (C=O) groups is 2. The first-order valence-electron chi connectivity index (χ1n) is 8.20. The fraction of sp³-hybridized carbons (Fsp3) is 0.444. The van der Waals surface area contributed by atoms with Crippen LogP contribution < -0.4 is 9.47 Å². The summed E-state index contributed by atoms with van der Waals surface area (Å²) in [6.07, 6.45) is 0.907. The predicted molar refractivity (Wildman–Crippen MR) is 88.9 cm³/mol. The number of ether oxygens (including phenoxy) is 3. The summed E-state index contributed by atoms with van der Waals surface area (Å²) >= 11 is 0. The number of fused-ring (bicyclic) bond motifs is 1. The summed E-state index contributed by atoms with van der Waals surface area (Å²) in [6, 6.07) is 9.34. The quantitative estimate of drug-likeness (QED) is 0.616. The van der Waals surface area contributed by atoms with Crippen molar-refractivity contribution in [2.45, 2.75) is 25.7 Å². The molecule has 0 aliphatic carbocycles. The van der Waals surface area contributed by atoms with E-state index in [1.807, 2.05) is 24.3 Å². The highest BCUT2D eigenvalue weighted by Crippen LogP contribution is 2.32. The minimum absolute atomic E-state index is 0.128. The molecule has 2 rings (SSSR count). The molecule has 0 fully saturated rings. The highest BCUT2D eigenvalue weighted by molar-refractivity contribution is 5.80. The van der Waals surface area contributed by atoms with Gasteiger partial charge in [-0.05, 0) is 24.1 Å². The van der Waals surface area contributed by atoms with E-state index in [0.717, 1.165) is 5.56 Å². The summed E-state index contributed by atoms with van der Waals surface area (Å²) in [5, 5.41) is 17.2. The Hall–Kier alpha value is -3.26. The second kappa shape index (κ2) is 9.90. The number of nitriles is 2. The number of aryl methyl sites for hydroxylation is 1. The third-order valence-corrected chi connectivity index (χ3v) is 3.75. The van der Waals surface area contributed by atoms with E-state index in [1.54, 1.807) is 6.07 Å². The van der Waals surface area contributed by atoms with E-state index < -0.39 is 18.5 Å². The van der Waals surface area contributed by atoms with E-state index in [-0.39, 0.29) is 39.1 Å². The van der Waals surface area contributed by atoms with Gasteiger partial charge in [-0.25, -0.2) is 0 Å². The van der Waals surface area contributed by atoms with Crippen LogP contribution in [0.4, 0.5) is 0 Å². The van der Waals surface area contributed by atoms with E-state index in [9.17, 15) is 9.59 Å². The first-order valence-corrected chi connectivity index (χ1v) is 8.20. The van der Waals surface area contributed by atoms with Crippen molar-refractivity contribution in [1.82, 2.24) is 4.90 Å². The van der Waals surface area contributed by atoms with Crippen LogP contribution in [0.3, 0.4) is 0 Å². The normalized spacial score (nSPS) is 11.3. The Kier molecular flexibility index (Phi) is 7.26. The van der Waals surface area contributed by atoms with Crippen LogP contribution in [0.1, 0.15) is 24.8 Å². The summed E-state index contributed by atoms with van der Waals surface area (Å²) in [5.41, 5.74) is 0.905. The Bertz CT molecular complexity index is 717. The maximum Gasteiger partial charge on any atom is 0.306 e. The molecule has 8 nitrogen and oxygen atoms in total. The first kappa shape index (κ1) is 19.1. The Morgan fingerprint density at radius 3 is 2.50 bits per heavy atom. The molecule has 1 heterocycles. The lowest BCUT2D eigenvalue weighted by Crippen LogP contribution is -2.36. The fourth-order valence-electron chi connectivity index (χ4n) is 2.38. The molecule has 0 N–H and O–H groups in total. The van der Waals surface area contributed by atoms with E-state index >= 15 is 0 Å². The van der Waals surface area contributed by atoms with Crippen molar-refractivity contribution in [1.29, 1.82) is 10.5 Å². The number of benzene rings is 1. The molecule has 136 valence electrons. The van der Waals surface area contributed by atoms with Gasteiger partial charge in [0.2, 0.25) is 6.79 Å². The maximum atomic E-state index is 12.1. The molecule has 1 amide bonds. The molecule has 0 saturated heterocycles. The summed E-state index contributed by atoms with van der Waals surface area (Å²) < 4.78 is 15.5. The number of rotatable bonds is 9. The van der Waals surface area contributed by atoms with Crippen LogP contribution in [0.2, 0.25) is 0 Å². The van der Waals surface area contributed by atoms with Crippen molar-refractivity contribution in [3.63, 3.8) is 0 Å². The number of carbonyl (C=O) groups excluding carboxylic acids is 2. The standard InChI is InChI=1S/C18H19N3O5/c19-7-1-9-21(10-2-8-20)17(22)12-24-18(23)6-4-14-3-5-15-16(11-14)26-13-25-15/h3,5,11H,1-2,4,6,9-10,12-13H2. The zero-order valence-electron chi connectivity index (χ0n) is 14.3. The van der Waals surface area contributed by atoms with Crippen molar-refractivity contribution >= 4 is 11.9 Å². The van der Waals surface area contributed by atoms with Gasteiger partial charge in [0.25, 0.3) is 5.91 Å².